The SMILES string of the molecule is C=C(Br)COCCN1CCSCC1. The molecule has 0 radical (unpaired) electrons. The van der Waals surface area contributed by atoms with Crippen LogP contribution in [0.2, 0.25) is 0 Å². The van der Waals surface area contributed by atoms with E-state index in [0.717, 1.165) is 17.6 Å². The van der Waals surface area contributed by atoms with Crippen LogP contribution in [0.3, 0.4) is 0 Å². The van der Waals surface area contributed by atoms with Crippen molar-refractivity contribution in [2.75, 3.05) is 44.4 Å². The quantitative estimate of drug-likeness (QED) is 0.706. The van der Waals surface area contributed by atoms with Crippen molar-refractivity contribution < 1.29 is 4.74 Å². The van der Waals surface area contributed by atoms with Crippen molar-refractivity contribution in [3.63, 3.8) is 0 Å². The minimum Gasteiger partial charge on any atom is -0.375 e. The monoisotopic (exact) mass is 265 g/mol. The molecule has 1 heterocycles. The van der Waals surface area contributed by atoms with E-state index < -0.39 is 0 Å². The Bertz CT molecular complexity index is 160. The molecule has 0 aromatic heterocycles. The molecule has 1 aliphatic rings. The van der Waals surface area contributed by atoms with E-state index in [2.05, 4.69) is 27.4 Å². The highest BCUT2D eigenvalue weighted by Crippen LogP contribution is 2.08. The molecule has 1 fully saturated rings. The Balaban J connectivity index is 1.95. The van der Waals surface area contributed by atoms with Crippen LogP contribution >= 0.6 is 27.7 Å². The van der Waals surface area contributed by atoms with Crippen molar-refractivity contribution in [2.24, 2.45) is 0 Å². The predicted octanol–water partition coefficient (Wildman–Crippen LogP) is 1.96. The van der Waals surface area contributed by atoms with Crippen molar-refractivity contribution in [3.8, 4) is 0 Å². The Kier molecular flexibility index (Phi) is 6.11. The molecule has 4 heteroatoms. The zero-order chi connectivity index (χ0) is 9.52. The number of hydrogen-bond acceptors (Lipinski definition) is 3. The number of thioether (sulfide) groups is 1. The second kappa shape index (κ2) is 6.87. The molecule has 0 N–H and O–H groups in total. The van der Waals surface area contributed by atoms with Gasteiger partial charge in [0.2, 0.25) is 0 Å². The highest BCUT2D eigenvalue weighted by atomic mass is 79.9. The van der Waals surface area contributed by atoms with E-state index in [1.165, 1.54) is 24.6 Å². The van der Waals surface area contributed by atoms with Gasteiger partial charge in [0.15, 0.2) is 0 Å². The van der Waals surface area contributed by atoms with Crippen LogP contribution in [0.1, 0.15) is 0 Å². The first-order valence-electron chi connectivity index (χ1n) is 4.50. The lowest BCUT2D eigenvalue weighted by molar-refractivity contribution is 0.127. The Hall–Kier alpha value is 0.490. The Morgan fingerprint density at radius 3 is 2.77 bits per heavy atom. The topological polar surface area (TPSA) is 12.5 Å². The third kappa shape index (κ3) is 5.73. The van der Waals surface area contributed by atoms with Gasteiger partial charge < -0.3 is 4.74 Å². The summed E-state index contributed by atoms with van der Waals surface area (Å²) in [6.45, 7) is 8.64. The summed E-state index contributed by atoms with van der Waals surface area (Å²) in [7, 11) is 0. The van der Waals surface area contributed by atoms with Crippen LogP contribution in [0.15, 0.2) is 11.1 Å². The Labute approximate surface area is 92.8 Å². The minimum atomic E-state index is 0.628. The van der Waals surface area contributed by atoms with E-state index in [-0.39, 0.29) is 0 Å². The number of rotatable bonds is 5. The molecule has 1 rings (SSSR count). The number of halogens is 1. The number of hydrogen-bond donors (Lipinski definition) is 0. The highest BCUT2D eigenvalue weighted by molar-refractivity contribution is 9.11. The fraction of sp³-hybridized carbons (Fsp3) is 0.778. The van der Waals surface area contributed by atoms with Gasteiger partial charge in [0, 0.05) is 35.6 Å². The molecule has 0 atom stereocenters. The summed E-state index contributed by atoms with van der Waals surface area (Å²) >= 11 is 5.30. The highest BCUT2D eigenvalue weighted by Gasteiger charge is 2.08. The third-order valence-electron chi connectivity index (χ3n) is 1.91. The molecular formula is C9H16BrNOS. The molecule has 0 aromatic rings. The van der Waals surface area contributed by atoms with Crippen LogP contribution in [-0.2, 0) is 4.74 Å². The van der Waals surface area contributed by atoms with Crippen LogP contribution in [0.25, 0.3) is 0 Å². The van der Waals surface area contributed by atoms with Gasteiger partial charge in [0.25, 0.3) is 0 Å². The summed E-state index contributed by atoms with van der Waals surface area (Å²) in [5.41, 5.74) is 0. The van der Waals surface area contributed by atoms with Crippen molar-refractivity contribution in [3.05, 3.63) is 11.1 Å². The van der Waals surface area contributed by atoms with Gasteiger partial charge in [-0.05, 0) is 0 Å². The number of ether oxygens (including phenoxy) is 1. The van der Waals surface area contributed by atoms with Crippen molar-refractivity contribution in [1.82, 2.24) is 4.90 Å². The Morgan fingerprint density at radius 1 is 1.46 bits per heavy atom. The maximum Gasteiger partial charge on any atom is 0.0776 e. The molecule has 0 amide bonds. The smallest absolute Gasteiger partial charge is 0.0776 e. The fourth-order valence-corrected chi connectivity index (χ4v) is 2.34. The fourth-order valence-electron chi connectivity index (χ4n) is 1.20. The summed E-state index contributed by atoms with van der Waals surface area (Å²) in [5.74, 6) is 2.54. The molecule has 0 aromatic carbocycles. The lowest BCUT2D eigenvalue weighted by Crippen LogP contribution is -2.35. The second-order valence-corrected chi connectivity index (χ2v) is 5.37. The van der Waals surface area contributed by atoms with E-state index in [4.69, 9.17) is 4.74 Å². The average molecular weight is 266 g/mol. The van der Waals surface area contributed by atoms with Gasteiger partial charge in [-0.2, -0.15) is 11.8 Å². The molecule has 2 nitrogen and oxygen atoms in total. The first kappa shape index (κ1) is 11.6. The maximum atomic E-state index is 5.40. The molecule has 13 heavy (non-hydrogen) atoms. The minimum absolute atomic E-state index is 0.628. The average Bonchev–Trinajstić information content (AvgIpc) is 2.14. The van der Waals surface area contributed by atoms with Gasteiger partial charge in [-0.25, -0.2) is 0 Å². The van der Waals surface area contributed by atoms with E-state index in [9.17, 15) is 0 Å². The summed E-state index contributed by atoms with van der Waals surface area (Å²) < 4.78 is 6.32. The van der Waals surface area contributed by atoms with E-state index in [1.807, 2.05) is 11.8 Å². The third-order valence-corrected chi connectivity index (χ3v) is 3.09. The van der Waals surface area contributed by atoms with Gasteiger partial charge >= 0.3 is 0 Å². The zero-order valence-corrected chi connectivity index (χ0v) is 10.2. The van der Waals surface area contributed by atoms with Gasteiger partial charge in [0.1, 0.15) is 0 Å². The normalized spacial score (nSPS) is 18.8. The summed E-state index contributed by atoms with van der Waals surface area (Å²) in [6.07, 6.45) is 0. The molecule has 0 spiro atoms. The standard InChI is InChI=1S/C9H16BrNOS/c1-9(10)8-12-5-2-11-3-6-13-7-4-11/h1-8H2. The Morgan fingerprint density at radius 2 is 2.15 bits per heavy atom. The molecule has 0 aliphatic carbocycles. The maximum absolute atomic E-state index is 5.40. The van der Waals surface area contributed by atoms with Gasteiger partial charge in [-0.1, -0.05) is 22.5 Å². The van der Waals surface area contributed by atoms with Crippen molar-refractivity contribution in [1.29, 1.82) is 0 Å². The lowest BCUT2D eigenvalue weighted by atomic mass is 10.5. The van der Waals surface area contributed by atoms with Gasteiger partial charge in [-0.15, -0.1) is 0 Å². The molecule has 1 saturated heterocycles. The van der Waals surface area contributed by atoms with Crippen LogP contribution in [0.5, 0.6) is 0 Å². The van der Waals surface area contributed by atoms with Crippen LogP contribution in [0, 0.1) is 0 Å². The molecule has 0 unspecified atom stereocenters. The first-order valence-corrected chi connectivity index (χ1v) is 6.45. The van der Waals surface area contributed by atoms with Crippen LogP contribution < -0.4 is 0 Å². The van der Waals surface area contributed by atoms with Crippen molar-refractivity contribution in [2.45, 2.75) is 0 Å². The lowest BCUT2D eigenvalue weighted by Gasteiger charge is -2.25. The van der Waals surface area contributed by atoms with E-state index in [0.29, 0.717) is 6.61 Å². The largest absolute Gasteiger partial charge is 0.375 e. The van der Waals surface area contributed by atoms with Gasteiger partial charge in [-0.3, -0.25) is 4.90 Å². The molecule has 1 aliphatic heterocycles. The summed E-state index contributed by atoms with van der Waals surface area (Å²) in [6, 6.07) is 0. The second-order valence-electron chi connectivity index (χ2n) is 3.02. The predicted molar refractivity (Wildman–Crippen MR) is 62.7 cm³/mol. The first-order chi connectivity index (χ1) is 6.29. The molecule has 0 bridgehead atoms. The van der Waals surface area contributed by atoms with Crippen molar-refractivity contribution >= 4 is 27.7 Å². The van der Waals surface area contributed by atoms with E-state index in [1.54, 1.807) is 0 Å². The molecular weight excluding hydrogens is 250 g/mol. The zero-order valence-electron chi connectivity index (χ0n) is 7.80. The van der Waals surface area contributed by atoms with E-state index >= 15 is 0 Å². The molecule has 0 saturated carbocycles. The number of nitrogens with zero attached hydrogens (tertiary/aromatic N) is 1. The molecule has 76 valence electrons. The summed E-state index contributed by atoms with van der Waals surface area (Å²) in [4.78, 5) is 2.45. The van der Waals surface area contributed by atoms with Gasteiger partial charge in [0.05, 0.1) is 13.2 Å². The van der Waals surface area contributed by atoms with Crippen LogP contribution in [-0.4, -0.2) is 49.3 Å². The van der Waals surface area contributed by atoms with Crippen LogP contribution in [0.4, 0.5) is 0 Å². The summed E-state index contributed by atoms with van der Waals surface area (Å²) in [5, 5.41) is 0.